The molecule has 0 radical (unpaired) electrons. The fraction of sp³-hybridized carbons (Fsp3) is 1.00. The molecule has 0 saturated carbocycles. The van der Waals surface area contributed by atoms with Crippen LogP contribution in [0.5, 0.6) is 0 Å². The van der Waals surface area contributed by atoms with Crippen molar-refractivity contribution in [1.82, 2.24) is 0 Å². The van der Waals surface area contributed by atoms with Crippen molar-refractivity contribution in [2.24, 2.45) is 11.8 Å². The number of aliphatic hydroxyl groups is 1. The van der Waals surface area contributed by atoms with Crippen LogP contribution >= 0.6 is 0 Å². The summed E-state index contributed by atoms with van der Waals surface area (Å²) >= 11 is 0. The highest BCUT2D eigenvalue weighted by Gasteiger charge is 2.09. The normalized spacial score (nSPS) is 16.5. The summed E-state index contributed by atoms with van der Waals surface area (Å²) in [6.07, 6.45) is 13.5. The van der Waals surface area contributed by atoms with Gasteiger partial charge in [0.05, 0.1) is 6.10 Å². The monoisotopic (exact) mass is 256 g/mol. The summed E-state index contributed by atoms with van der Waals surface area (Å²) in [5, 5.41) is 9.43. The summed E-state index contributed by atoms with van der Waals surface area (Å²) < 4.78 is 0. The van der Waals surface area contributed by atoms with E-state index in [-0.39, 0.29) is 6.10 Å². The van der Waals surface area contributed by atoms with E-state index in [1.807, 2.05) is 6.92 Å². The van der Waals surface area contributed by atoms with E-state index in [1.165, 1.54) is 64.2 Å². The zero-order valence-corrected chi connectivity index (χ0v) is 13.3. The third-order valence-electron chi connectivity index (χ3n) is 4.23. The van der Waals surface area contributed by atoms with Crippen LogP contribution in [-0.2, 0) is 0 Å². The molecule has 0 aromatic heterocycles. The van der Waals surface area contributed by atoms with E-state index < -0.39 is 0 Å². The van der Waals surface area contributed by atoms with Crippen molar-refractivity contribution in [2.75, 3.05) is 0 Å². The molecule has 0 saturated heterocycles. The Bertz CT molecular complexity index is 165. The molecule has 0 fully saturated rings. The molecule has 0 aromatic rings. The van der Waals surface area contributed by atoms with Crippen LogP contribution in [0, 0.1) is 11.8 Å². The van der Waals surface area contributed by atoms with Gasteiger partial charge in [-0.2, -0.15) is 0 Å². The second kappa shape index (κ2) is 12.0. The molecule has 0 amide bonds. The van der Waals surface area contributed by atoms with Gasteiger partial charge in [-0.3, -0.25) is 0 Å². The molecule has 1 heteroatoms. The summed E-state index contributed by atoms with van der Waals surface area (Å²) in [6, 6.07) is 0. The Labute approximate surface area is 115 Å². The maximum absolute atomic E-state index is 9.43. The van der Waals surface area contributed by atoms with Gasteiger partial charge in [-0.15, -0.1) is 0 Å². The van der Waals surface area contributed by atoms with Crippen LogP contribution in [0.1, 0.15) is 91.9 Å². The largest absolute Gasteiger partial charge is 0.393 e. The summed E-state index contributed by atoms with van der Waals surface area (Å²) in [4.78, 5) is 0. The first kappa shape index (κ1) is 18.0. The van der Waals surface area contributed by atoms with E-state index in [0.717, 1.165) is 5.92 Å². The van der Waals surface area contributed by atoms with E-state index in [0.29, 0.717) is 5.92 Å². The maximum atomic E-state index is 9.43. The van der Waals surface area contributed by atoms with Gasteiger partial charge in [0.15, 0.2) is 0 Å². The van der Waals surface area contributed by atoms with Crippen LogP contribution in [0.2, 0.25) is 0 Å². The van der Waals surface area contributed by atoms with Crippen molar-refractivity contribution >= 4 is 0 Å². The zero-order chi connectivity index (χ0) is 13.8. The Balaban J connectivity index is 3.29. The molecule has 3 atom stereocenters. The molecule has 110 valence electrons. The SMILES string of the molecule is CCCCCCCC[C@@H](C)CCC[C@H](C)[C@H](C)O. The van der Waals surface area contributed by atoms with E-state index >= 15 is 0 Å². The van der Waals surface area contributed by atoms with E-state index in [9.17, 15) is 5.11 Å². The van der Waals surface area contributed by atoms with Gasteiger partial charge in [0.1, 0.15) is 0 Å². The number of hydrogen-bond acceptors (Lipinski definition) is 1. The molecule has 0 heterocycles. The summed E-state index contributed by atoms with van der Waals surface area (Å²) in [5.74, 6) is 1.34. The Morgan fingerprint density at radius 1 is 0.722 bits per heavy atom. The van der Waals surface area contributed by atoms with E-state index in [1.54, 1.807) is 0 Å². The molecule has 0 unspecified atom stereocenters. The van der Waals surface area contributed by atoms with E-state index in [2.05, 4.69) is 20.8 Å². The van der Waals surface area contributed by atoms with Crippen LogP contribution < -0.4 is 0 Å². The van der Waals surface area contributed by atoms with Gasteiger partial charge in [-0.1, -0.05) is 78.6 Å². The first-order valence-electron chi connectivity index (χ1n) is 8.26. The highest BCUT2D eigenvalue weighted by Crippen LogP contribution is 2.19. The fourth-order valence-corrected chi connectivity index (χ4v) is 2.45. The standard InChI is InChI=1S/C17H36O/c1-5-6-7-8-9-10-12-15(2)13-11-14-16(3)17(4)18/h15-18H,5-14H2,1-4H3/t15-,16+,17+/m1/s1. The van der Waals surface area contributed by atoms with Crippen molar-refractivity contribution in [3.8, 4) is 0 Å². The lowest BCUT2D eigenvalue weighted by molar-refractivity contribution is 0.127. The highest BCUT2D eigenvalue weighted by molar-refractivity contribution is 4.61. The molecular weight excluding hydrogens is 220 g/mol. The Kier molecular flexibility index (Phi) is 12.0. The molecule has 0 aromatic carbocycles. The van der Waals surface area contributed by atoms with Crippen LogP contribution in [-0.4, -0.2) is 11.2 Å². The predicted molar refractivity (Wildman–Crippen MR) is 81.9 cm³/mol. The summed E-state index contributed by atoms with van der Waals surface area (Å²) in [5.41, 5.74) is 0. The van der Waals surface area contributed by atoms with Crippen LogP contribution in [0.15, 0.2) is 0 Å². The minimum Gasteiger partial charge on any atom is -0.393 e. The fourth-order valence-electron chi connectivity index (χ4n) is 2.45. The Morgan fingerprint density at radius 3 is 1.89 bits per heavy atom. The lowest BCUT2D eigenvalue weighted by Gasteiger charge is -2.16. The van der Waals surface area contributed by atoms with Crippen molar-refractivity contribution < 1.29 is 5.11 Å². The molecule has 1 N–H and O–H groups in total. The molecular formula is C17H36O. The summed E-state index contributed by atoms with van der Waals surface area (Å²) in [6.45, 7) is 8.73. The molecule has 0 aliphatic heterocycles. The maximum Gasteiger partial charge on any atom is 0.0537 e. The van der Waals surface area contributed by atoms with Gasteiger partial charge >= 0.3 is 0 Å². The van der Waals surface area contributed by atoms with Gasteiger partial charge in [0, 0.05) is 0 Å². The molecule has 0 spiro atoms. The lowest BCUT2D eigenvalue weighted by atomic mass is 9.93. The van der Waals surface area contributed by atoms with Gasteiger partial charge in [-0.25, -0.2) is 0 Å². The molecule has 0 aliphatic rings. The Hall–Kier alpha value is -0.0400. The number of hydrogen-bond donors (Lipinski definition) is 1. The minimum absolute atomic E-state index is 0.140. The van der Waals surface area contributed by atoms with Crippen molar-refractivity contribution in [3.05, 3.63) is 0 Å². The lowest BCUT2D eigenvalue weighted by Crippen LogP contribution is -2.13. The quantitative estimate of drug-likeness (QED) is 0.453. The second-order valence-electron chi connectivity index (χ2n) is 6.31. The van der Waals surface area contributed by atoms with Crippen LogP contribution in [0.3, 0.4) is 0 Å². The van der Waals surface area contributed by atoms with Gasteiger partial charge in [-0.05, 0) is 25.2 Å². The average molecular weight is 256 g/mol. The number of aliphatic hydroxyl groups excluding tert-OH is 1. The van der Waals surface area contributed by atoms with Crippen molar-refractivity contribution in [1.29, 1.82) is 0 Å². The number of rotatable bonds is 12. The minimum atomic E-state index is -0.140. The first-order chi connectivity index (χ1) is 8.57. The smallest absolute Gasteiger partial charge is 0.0537 e. The van der Waals surface area contributed by atoms with Crippen molar-refractivity contribution in [2.45, 2.75) is 98.0 Å². The average Bonchev–Trinajstić information content (AvgIpc) is 2.33. The van der Waals surface area contributed by atoms with Crippen molar-refractivity contribution in [3.63, 3.8) is 0 Å². The molecule has 0 aliphatic carbocycles. The molecule has 18 heavy (non-hydrogen) atoms. The van der Waals surface area contributed by atoms with Gasteiger partial charge in [0.25, 0.3) is 0 Å². The molecule has 1 nitrogen and oxygen atoms in total. The Morgan fingerprint density at radius 2 is 1.28 bits per heavy atom. The second-order valence-corrected chi connectivity index (χ2v) is 6.31. The summed E-state index contributed by atoms with van der Waals surface area (Å²) in [7, 11) is 0. The van der Waals surface area contributed by atoms with Crippen LogP contribution in [0.4, 0.5) is 0 Å². The topological polar surface area (TPSA) is 20.2 Å². The van der Waals surface area contributed by atoms with Crippen LogP contribution in [0.25, 0.3) is 0 Å². The molecule has 0 rings (SSSR count). The predicted octanol–water partition coefficient (Wildman–Crippen LogP) is 5.56. The van der Waals surface area contributed by atoms with Gasteiger partial charge in [0.2, 0.25) is 0 Å². The highest BCUT2D eigenvalue weighted by atomic mass is 16.3. The number of unbranched alkanes of at least 4 members (excludes halogenated alkanes) is 5. The first-order valence-corrected chi connectivity index (χ1v) is 8.26. The third-order valence-corrected chi connectivity index (χ3v) is 4.23. The molecule has 0 bridgehead atoms. The van der Waals surface area contributed by atoms with Gasteiger partial charge < -0.3 is 5.11 Å². The van der Waals surface area contributed by atoms with E-state index in [4.69, 9.17) is 0 Å². The third kappa shape index (κ3) is 11.1. The zero-order valence-electron chi connectivity index (χ0n) is 13.3.